The van der Waals surface area contributed by atoms with Gasteiger partial charge in [-0.2, -0.15) is 0 Å². The molecule has 0 aliphatic carbocycles. The third-order valence-corrected chi connectivity index (χ3v) is 3.27. The summed E-state index contributed by atoms with van der Waals surface area (Å²) in [6.45, 7) is 7.67. The van der Waals surface area contributed by atoms with Gasteiger partial charge in [0.1, 0.15) is 0 Å². The molecule has 0 atom stereocenters. The highest BCUT2D eigenvalue weighted by atomic mass is 15.0. The van der Waals surface area contributed by atoms with Crippen molar-refractivity contribution in [2.75, 3.05) is 13.6 Å². The Kier molecular flexibility index (Phi) is 3.53. The molecular formula is C15H22N2. The van der Waals surface area contributed by atoms with E-state index < -0.39 is 0 Å². The van der Waals surface area contributed by atoms with Crippen molar-refractivity contribution in [2.24, 2.45) is 0 Å². The molecule has 0 aliphatic heterocycles. The quantitative estimate of drug-likeness (QED) is 0.853. The molecule has 2 nitrogen and oxygen atoms in total. The van der Waals surface area contributed by atoms with Crippen LogP contribution in [0.1, 0.15) is 31.0 Å². The van der Waals surface area contributed by atoms with Gasteiger partial charge in [0, 0.05) is 23.1 Å². The van der Waals surface area contributed by atoms with Gasteiger partial charge in [0.2, 0.25) is 0 Å². The first kappa shape index (κ1) is 12.2. The Morgan fingerprint density at radius 3 is 2.71 bits per heavy atom. The van der Waals surface area contributed by atoms with E-state index in [0.717, 1.165) is 13.0 Å². The standard InChI is InChI=1S/C15H22N2/c1-11(2)17-10-13(7-8-16-4)14-9-12(3)5-6-15(14)17/h5-6,9-11,16H,7-8H2,1-4H3. The number of aromatic nitrogens is 1. The van der Waals surface area contributed by atoms with Crippen LogP contribution in [0.5, 0.6) is 0 Å². The molecule has 1 N–H and O–H groups in total. The first-order valence-electron chi connectivity index (χ1n) is 6.38. The molecular weight excluding hydrogens is 208 g/mol. The molecule has 2 rings (SSSR count). The molecule has 0 bridgehead atoms. The van der Waals surface area contributed by atoms with Gasteiger partial charge in [-0.1, -0.05) is 11.6 Å². The molecule has 1 aromatic carbocycles. The summed E-state index contributed by atoms with van der Waals surface area (Å²) in [6.07, 6.45) is 3.41. The predicted molar refractivity (Wildman–Crippen MR) is 74.7 cm³/mol. The van der Waals surface area contributed by atoms with Gasteiger partial charge in [-0.3, -0.25) is 0 Å². The van der Waals surface area contributed by atoms with Crippen LogP contribution in [0.2, 0.25) is 0 Å². The van der Waals surface area contributed by atoms with Gasteiger partial charge in [-0.15, -0.1) is 0 Å². The van der Waals surface area contributed by atoms with Gasteiger partial charge in [-0.25, -0.2) is 0 Å². The Labute approximate surface area is 104 Å². The van der Waals surface area contributed by atoms with Crippen molar-refractivity contribution in [1.82, 2.24) is 9.88 Å². The second kappa shape index (κ2) is 4.92. The molecule has 2 heteroatoms. The minimum absolute atomic E-state index is 0.517. The normalized spacial score (nSPS) is 11.6. The van der Waals surface area contributed by atoms with Gasteiger partial charge < -0.3 is 9.88 Å². The van der Waals surface area contributed by atoms with Crippen LogP contribution in [0.4, 0.5) is 0 Å². The molecule has 1 aromatic heterocycles. The highest BCUT2D eigenvalue weighted by molar-refractivity contribution is 5.84. The minimum atomic E-state index is 0.517. The SMILES string of the molecule is CNCCc1cn(C(C)C)c2ccc(C)cc12. The van der Waals surface area contributed by atoms with Crippen LogP contribution in [-0.2, 0) is 6.42 Å². The second-order valence-electron chi connectivity index (χ2n) is 5.03. The Morgan fingerprint density at radius 1 is 1.29 bits per heavy atom. The van der Waals surface area contributed by atoms with Crippen molar-refractivity contribution in [3.05, 3.63) is 35.5 Å². The molecule has 0 aliphatic rings. The van der Waals surface area contributed by atoms with E-state index in [4.69, 9.17) is 0 Å². The van der Waals surface area contributed by atoms with Crippen LogP contribution in [0.25, 0.3) is 10.9 Å². The number of likely N-dealkylation sites (N-methyl/N-ethyl adjacent to an activating group) is 1. The number of nitrogens with zero attached hydrogens (tertiary/aromatic N) is 1. The highest BCUT2D eigenvalue weighted by Gasteiger charge is 2.10. The minimum Gasteiger partial charge on any atom is -0.345 e. The molecule has 0 fully saturated rings. The van der Waals surface area contributed by atoms with Crippen molar-refractivity contribution in [1.29, 1.82) is 0 Å². The van der Waals surface area contributed by atoms with Crippen molar-refractivity contribution in [3.63, 3.8) is 0 Å². The maximum atomic E-state index is 3.22. The second-order valence-corrected chi connectivity index (χ2v) is 5.03. The van der Waals surface area contributed by atoms with E-state index in [9.17, 15) is 0 Å². The van der Waals surface area contributed by atoms with Crippen molar-refractivity contribution >= 4 is 10.9 Å². The lowest BCUT2D eigenvalue weighted by atomic mass is 10.1. The van der Waals surface area contributed by atoms with Crippen molar-refractivity contribution < 1.29 is 0 Å². The Balaban J connectivity index is 2.54. The molecule has 0 unspecified atom stereocenters. The fourth-order valence-corrected chi connectivity index (χ4v) is 2.33. The summed E-state index contributed by atoms with van der Waals surface area (Å²) in [6, 6.07) is 7.26. The number of rotatable bonds is 4. The third-order valence-electron chi connectivity index (χ3n) is 3.27. The van der Waals surface area contributed by atoms with E-state index in [2.05, 4.69) is 55.1 Å². The van der Waals surface area contributed by atoms with Gasteiger partial charge in [0.15, 0.2) is 0 Å². The van der Waals surface area contributed by atoms with Gasteiger partial charge >= 0.3 is 0 Å². The third kappa shape index (κ3) is 2.37. The van der Waals surface area contributed by atoms with Crippen LogP contribution in [0, 0.1) is 6.92 Å². The molecule has 17 heavy (non-hydrogen) atoms. The topological polar surface area (TPSA) is 17.0 Å². The van der Waals surface area contributed by atoms with E-state index >= 15 is 0 Å². The first-order chi connectivity index (χ1) is 8.13. The van der Waals surface area contributed by atoms with Gasteiger partial charge in [0.25, 0.3) is 0 Å². The van der Waals surface area contributed by atoms with Gasteiger partial charge in [0.05, 0.1) is 0 Å². The maximum absolute atomic E-state index is 3.22. The van der Waals surface area contributed by atoms with Crippen LogP contribution < -0.4 is 5.32 Å². The lowest BCUT2D eigenvalue weighted by molar-refractivity contribution is 0.620. The van der Waals surface area contributed by atoms with E-state index in [1.54, 1.807) is 0 Å². The van der Waals surface area contributed by atoms with E-state index in [0.29, 0.717) is 6.04 Å². The lowest BCUT2D eigenvalue weighted by Gasteiger charge is -2.08. The summed E-state index contributed by atoms with van der Waals surface area (Å²) in [5.41, 5.74) is 4.15. The maximum Gasteiger partial charge on any atom is 0.0485 e. The Bertz CT molecular complexity index is 509. The summed E-state index contributed by atoms with van der Waals surface area (Å²) in [4.78, 5) is 0. The van der Waals surface area contributed by atoms with Crippen LogP contribution >= 0.6 is 0 Å². The Morgan fingerprint density at radius 2 is 2.06 bits per heavy atom. The number of nitrogens with one attached hydrogen (secondary N) is 1. The number of fused-ring (bicyclic) bond motifs is 1. The molecule has 92 valence electrons. The number of aryl methyl sites for hydroxylation is 1. The smallest absolute Gasteiger partial charge is 0.0485 e. The average Bonchev–Trinajstić information content (AvgIpc) is 2.64. The van der Waals surface area contributed by atoms with Crippen molar-refractivity contribution in [2.45, 2.75) is 33.2 Å². The van der Waals surface area contributed by atoms with E-state index in [1.807, 2.05) is 7.05 Å². The van der Waals surface area contributed by atoms with Crippen molar-refractivity contribution in [3.8, 4) is 0 Å². The fraction of sp³-hybridized carbons (Fsp3) is 0.467. The monoisotopic (exact) mass is 230 g/mol. The summed E-state index contributed by atoms with van der Waals surface area (Å²) >= 11 is 0. The average molecular weight is 230 g/mol. The largest absolute Gasteiger partial charge is 0.345 e. The molecule has 1 heterocycles. The van der Waals surface area contributed by atoms with E-state index in [1.165, 1.54) is 22.0 Å². The zero-order chi connectivity index (χ0) is 12.4. The highest BCUT2D eigenvalue weighted by Crippen LogP contribution is 2.26. The lowest BCUT2D eigenvalue weighted by Crippen LogP contribution is -2.10. The molecule has 2 aromatic rings. The first-order valence-corrected chi connectivity index (χ1v) is 6.38. The summed E-state index contributed by atoms with van der Waals surface area (Å²) < 4.78 is 2.37. The number of benzene rings is 1. The predicted octanol–water partition coefficient (Wildman–Crippen LogP) is 3.29. The fourth-order valence-electron chi connectivity index (χ4n) is 2.33. The molecule has 0 saturated carbocycles. The Hall–Kier alpha value is -1.28. The van der Waals surface area contributed by atoms with E-state index in [-0.39, 0.29) is 0 Å². The zero-order valence-corrected chi connectivity index (χ0v) is 11.2. The van der Waals surface area contributed by atoms with Crippen LogP contribution in [0.15, 0.2) is 24.4 Å². The molecule has 0 spiro atoms. The number of hydrogen-bond acceptors (Lipinski definition) is 1. The molecule has 0 saturated heterocycles. The molecule has 0 radical (unpaired) electrons. The van der Waals surface area contributed by atoms with Crippen LogP contribution in [0.3, 0.4) is 0 Å². The summed E-state index contributed by atoms with van der Waals surface area (Å²) in [5.74, 6) is 0. The van der Waals surface area contributed by atoms with Crippen LogP contribution in [-0.4, -0.2) is 18.2 Å². The zero-order valence-electron chi connectivity index (χ0n) is 11.2. The molecule has 0 amide bonds. The van der Waals surface area contributed by atoms with Gasteiger partial charge in [-0.05, 0) is 58.5 Å². The summed E-state index contributed by atoms with van der Waals surface area (Å²) in [7, 11) is 2.01. The summed E-state index contributed by atoms with van der Waals surface area (Å²) in [5, 5.41) is 4.64. The number of hydrogen-bond donors (Lipinski definition) is 1.